The first-order valence-electron chi connectivity index (χ1n) is 3.20. The Morgan fingerprint density at radius 1 is 1.62 bits per heavy atom. The van der Waals surface area contributed by atoms with Crippen molar-refractivity contribution < 1.29 is 60.9 Å². The summed E-state index contributed by atoms with van der Waals surface area (Å²) in [6.07, 6.45) is -0.261. The fourth-order valence-corrected chi connectivity index (χ4v) is 0.724. The number of nitrogens with zero attached hydrogens (tertiary/aromatic N) is 1. The van der Waals surface area contributed by atoms with Crippen LogP contribution in [0.15, 0.2) is 9.81 Å². The molecule has 3 nitrogen and oxygen atoms in total. The number of carbonyl (C=O) groups excluding carboxylic acids is 1. The average Bonchev–Trinajstić information content (AvgIpc) is 1.85. The maximum atomic E-state index is 11.0. The minimum atomic E-state index is -0.715. The molecule has 0 unspecified atom stereocenters. The minimum Gasteiger partial charge on any atom is -0.772 e. The zero-order valence-electron chi connectivity index (χ0n) is 7.70. The van der Waals surface area contributed by atoms with E-state index in [1.165, 1.54) is 0 Å². The average molecular weight is 241 g/mol. The summed E-state index contributed by atoms with van der Waals surface area (Å²) in [4.78, 5) is 11.0. The Bertz CT molecular complexity index is 254. The van der Waals surface area contributed by atoms with Crippen LogP contribution in [-0.2, 0) is 22.2 Å². The van der Waals surface area contributed by atoms with Gasteiger partial charge in [0, 0.05) is 0 Å². The smallest absolute Gasteiger partial charge is 0.772 e. The number of hydrogen-bond acceptors (Lipinski definition) is 5. The van der Waals surface area contributed by atoms with E-state index in [4.69, 9.17) is 10.00 Å². The van der Waals surface area contributed by atoms with E-state index in [9.17, 15) is 4.79 Å². The van der Waals surface area contributed by atoms with Crippen molar-refractivity contribution in [2.75, 3.05) is 0 Å². The maximum absolute atomic E-state index is 11.0. The molecule has 66 valence electrons. The molecule has 0 aliphatic heterocycles. The molecule has 0 amide bonds. The van der Waals surface area contributed by atoms with Gasteiger partial charge < -0.3 is 17.4 Å². The molecule has 0 saturated heterocycles. The Morgan fingerprint density at radius 2 is 2.08 bits per heavy atom. The third kappa shape index (κ3) is 6.91. The van der Waals surface area contributed by atoms with Crippen LogP contribution in [0.4, 0.5) is 0 Å². The molecule has 0 fully saturated rings. The summed E-state index contributed by atoms with van der Waals surface area (Å²) < 4.78 is 4.69. The molecule has 0 radical (unpaired) electrons. The van der Waals surface area contributed by atoms with Gasteiger partial charge >= 0.3 is 57.4 Å². The first kappa shape index (κ1) is 16.3. The second kappa shape index (κ2) is 8.23. The predicted molar refractivity (Wildman–Crippen MR) is 50.2 cm³/mol. The Balaban J connectivity index is 0. The molecule has 13 heavy (non-hydrogen) atoms. The molecule has 0 N–H and O–H groups in total. The Labute approximate surface area is 131 Å². The van der Waals surface area contributed by atoms with Gasteiger partial charge in [-0.2, -0.15) is 17.9 Å². The number of rotatable bonds is 2. The minimum absolute atomic E-state index is 0. The monoisotopic (exact) mass is 241 g/mol. The van der Waals surface area contributed by atoms with Gasteiger partial charge in [0.15, 0.2) is 0 Å². The molecule has 0 rings (SSSR count). The van der Waals surface area contributed by atoms with Crippen LogP contribution in [-0.4, -0.2) is 12.1 Å². The summed E-state index contributed by atoms with van der Waals surface area (Å²) in [5, 5.41) is 8.46. The number of esters is 1. The van der Waals surface area contributed by atoms with Crippen molar-refractivity contribution in [3.05, 3.63) is 9.81 Å². The summed E-state index contributed by atoms with van der Waals surface area (Å²) in [6.45, 7) is 3.38. The number of ether oxygens (including phenoxy) is 1. The second-order valence-corrected chi connectivity index (χ2v) is 3.40. The number of carbonyl (C=O) groups is 1. The van der Waals surface area contributed by atoms with Crippen LogP contribution >= 0.6 is 12.6 Å². The summed E-state index contributed by atoms with van der Waals surface area (Å²) in [5.41, 5.74) is -0.220. The van der Waals surface area contributed by atoms with Crippen LogP contribution in [0.3, 0.4) is 0 Å². The SMILES string of the molecule is CC(C)OC(=O)C(C#N)=C([S-])S.[K+]. The summed E-state index contributed by atoms with van der Waals surface area (Å²) in [7, 11) is 0. The molecule has 0 atom stereocenters. The maximum Gasteiger partial charge on any atom is 1.00 e. The molecule has 0 spiro atoms. The fraction of sp³-hybridized carbons (Fsp3) is 0.429. The third-order valence-corrected chi connectivity index (χ3v) is 1.30. The van der Waals surface area contributed by atoms with Crippen molar-refractivity contribution in [2.45, 2.75) is 20.0 Å². The van der Waals surface area contributed by atoms with E-state index in [1.807, 2.05) is 0 Å². The predicted octanol–water partition coefficient (Wildman–Crippen LogP) is -1.85. The zero-order chi connectivity index (χ0) is 9.72. The topological polar surface area (TPSA) is 50.1 Å². The van der Waals surface area contributed by atoms with Crippen LogP contribution in [0.1, 0.15) is 13.8 Å². The van der Waals surface area contributed by atoms with Gasteiger partial charge in [-0.3, -0.25) is 0 Å². The molecule has 0 aromatic carbocycles. The molecule has 0 saturated carbocycles. The Morgan fingerprint density at radius 3 is 2.31 bits per heavy atom. The van der Waals surface area contributed by atoms with Gasteiger partial charge in [0.1, 0.15) is 11.6 Å². The molecule has 0 heterocycles. The van der Waals surface area contributed by atoms with Crippen LogP contribution in [0.2, 0.25) is 0 Å². The molecule has 0 aromatic rings. The van der Waals surface area contributed by atoms with Crippen LogP contribution in [0.5, 0.6) is 0 Å². The van der Waals surface area contributed by atoms with Gasteiger partial charge in [-0.05, 0) is 13.8 Å². The summed E-state index contributed by atoms with van der Waals surface area (Å²) in [6, 6.07) is 1.63. The van der Waals surface area contributed by atoms with E-state index in [0.29, 0.717) is 0 Å². The Kier molecular flexibility index (Phi) is 10.3. The quantitative estimate of drug-likeness (QED) is 0.154. The second-order valence-electron chi connectivity index (χ2n) is 2.25. The van der Waals surface area contributed by atoms with E-state index >= 15 is 0 Å². The molecular weight excluding hydrogens is 233 g/mol. The molecule has 6 heteroatoms. The van der Waals surface area contributed by atoms with Crippen LogP contribution in [0.25, 0.3) is 0 Å². The third-order valence-electron chi connectivity index (χ3n) is 0.873. The molecule has 0 aromatic heterocycles. The van der Waals surface area contributed by atoms with Gasteiger partial charge in [0.05, 0.1) is 6.10 Å². The van der Waals surface area contributed by atoms with E-state index in [-0.39, 0.29) is 67.3 Å². The zero-order valence-corrected chi connectivity index (χ0v) is 12.5. The largest absolute Gasteiger partial charge is 1.00 e. The first-order chi connectivity index (χ1) is 5.49. The number of nitriles is 1. The molecule has 0 bridgehead atoms. The van der Waals surface area contributed by atoms with Crippen molar-refractivity contribution in [2.24, 2.45) is 0 Å². The van der Waals surface area contributed by atoms with Crippen molar-refractivity contribution in [3.63, 3.8) is 0 Å². The summed E-state index contributed by atoms with van der Waals surface area (Å²) in [5.74, 6) is -0.715. The van der Waals surface area contributed by atoms with Gasteiger partial charge in [0.2, 0.25) is 0 Å². The van der Waals surface area contributed by atoms with Crippen LogP contribution in [0, 0.1) is 11.3 Å². The number of thiol groups is 1. The van der Waals surface area contributed by atoms with Crippen LogP contribution < -0.4 is 51.4 Å². The molecule has 0 aliphatic rings. The van der Waals surface area contributed by atoms with Crippen molar-refractivity contribution in [3.8, 4) is 6.07 Å². The van der Waals surface area contributed by atoms with Crippen molar-refractivity contribution in [1.82, 2.24) is 0 Å². The fourth-order valence-electron chi connectivity index (χ4n) is 0.454. The van der Waals surface area contributed by atoms with Crippen molar-refractivity contribution in [1.29, 1.82) is 5.26 Å². The van der Waals surface area contributed by atoms with Gasteiger partial charge in [-0.1, -0.05) is 0 Å². The van der Waals surface area contributed by atoms with Gasteiger partial charge in [-0.25, -0.2) is 4.79 Å². The first-order valence-corrected chi connectivity index (χ1v) is 4.06. The summed E-state index contributed by atoms with van der Waals surface area (Å²) >= 11 is 8.25. The molecule has 0 aliphatic carbocycles. The van der Waals surface area contributed by atoms with Gasteiger partial charge in [-0.15, -0.1) is 4.24 Å². The van der Waals surface area contributed by atoms with E-state index in [2.05, 4.69) is 25.3 Å². The van der Waals surface area contributed by atoms with E-state index in [1.54, 1.807) is 19.9 Å². The molecular formula is C7H8KNO2S2. The number of hydrogen-bond donors (Lipinski definition) is 1. The van der Waals surface area contributed by atoms with E-state index < -0.39 is 5.97 Å². The standard InChI is InChI=1S/C7H9NO2S2.K/c1-4(2)10-6(9)5(3-8)7(11)12;/h4,11-12H,1-2H3;/q;+1/p-1. The normalized spacial score (nSPS) is 11.0. The van der Waals surface area contributed by atoms with E-state index in [0.717, 1.165) is 0 Å². The van der Waals surface area contributed by atoms with Crippen molar-refractivity contribution >= 4 is 31.2 Å². The van der Waals surface area contributed by atoms with Gasteiger partial charge in [0.25, 0.3) is 0 Å². The Hall–Kier alpha value is 0.906.